The Labute approximate surface area is 155 Å². The summed E-state index contributed by atoms with van der Waals surface area (Å²) in [6, 6.07) is 9.56. The zero-order chi connectivity index (χ0) is 18.8. The van der Waals surface area contributed by atoms with Crippen LogP contribution in [0, 0.1) is 0 Å². The molecule has 0 N–H and O–H groups in total. The second-order valence-corrected chi connectivity index (χ2v) is 7.36. The van der Waals surface area contributed by atoms with E-state index in [-0.39, 0.29) is 5.56 Å². The van der Waals surface area contributed by atoms with Crippen LogP contribution in [0.25, 0.3) is 22.4 Å². The van der Waals surface area contributed by atoms with Gasteiger partial charge in [-0.25, -0.2) is 14.8 Å². The van der Waals surface area contributed by atoms with Crippen LogP contribution in [0.15, 0.2) is 44.9 Å². The molecule has 0 fully saturated rings. The SMILES string of the molecule is CN(C)CCSc1nc(-c2ccccc2)nc2c1c(=O)n(C)c(=O)n2C. The van der Waals surface area contributed by atoms with Gasteiger partial charge in [-0.05, 0) is 14.1 Å². The summed E-state index contributed by atoms with van der Waals surface area (Å²) in [5, 5.41) is 0.991. The maximum absolute atomic E-state index is 12.7. The smallest absolute Gasteiger partial charge is 0.309 e. The lowest BCUT2D eigenvalue weighted by Crippen LogP contribution is -2.37. The molecule has 0 bridgehead atoms. The summed E-state index contributed by atoms with van der Waals surface area (Å²) in [5.41, 5.74) is 0.441. The molecule has 0 spiro atoms. The Kier molecular flexibility index (Phi) is 5.24. The van der Waals surface area contributed by atoms with Gasteiger partial charge in [0, 0.05) is 32.0 Å². The van der Waals surface area contributed by atoms with Gasteiger partial charge in [-0.1, -0.05) is 30.3 Å². The summed E-state index contributed by atoms with van der Waals surface area (Å²) in [6.45, 7) is 0.850. The number of thioether (sulfide) groups is 1. The lowest BCUT2D eigenvalue weighted by molar-refractivity contribution is 0.437. The fourth-order valence-corrected chi connectivity index (χ4v) is 3.70. The molecule has 2 heterocycles. The average molecular weight is 371 g/mol. The van der Waals surface area contributed by atoms with E-state index >= 15 is 0 Å². The summed E-state index contributed by atoms with van der Waals surface area (Å²) >= 11 is 1.50. The maximum Gasteiger partial charge on any atom is 0.332 e. The predicted octanol–water partition coefficient (Wildman–Crippen LogP) is 1.35. The van der Waals surface area contributed by atoms with Crippen molar-refractivity contribution in [3.05, 3.63) is 51.2 Å². The number of aryl methyl sites for hydroxylation is 1. The summed E-state index contributed by atoms with van der Waals surface area (Å²) in [6.07, 6.45) is 0. The first kappa shape index (κ1) is 18.3. The Morgan fingerprint density at radius 3 is 2.38 bits per heavy atom. The van der Waals surface area contributed by atoms with Gasteiger partial charge in [-0.15, -0.1) is 11.8 Å². The van der Waals surface area contributed by atoms with Crippen LogP contribution in [0.2, 0.25) is 0 Å². The summed E-state index contributed by atoms with van der Waals surface area (Å²) in [5.74, 6) is 1.29. The van der Waals surface area contributed by atoms with Gasteiger partial charge >= 0.3 is 5.69 Å². The average Bonchev–Trinajstić information content (AvgIpc) is 2.64. The topological polar surface area (TPSA) is 73.0 Å². The number of benzene rings is 1. The summed E-state index contributed by atoms with van der Waals surface area (Å²) in [7, 11) is 7.09. The third-order valence-electron chi connectivity index (χ3n) is 4.08. The van der Waals surface area contributed by atoms with Crippen molar-refractivity contribution in [2.75, 3.05) is 26.4 Å². The Hall–Kier alpha value is -2.45. The third-order valence-corrected chi connectivity index (χ3v) is 5.03. The molecular formula is C18H21N5O2S. The molecule has 0 unspecified atom stereocenters. The van der Waals surface area contributed by atoms with E-state index in [0.717, 1.165) is 22.4 Å². The number of fused-ring (bicyclic) bond motifs is 1. The molecule has 8 heteroatoms. The highest BCUT2D eigenvalue weighted by molar-refractivity contribution is 7.99. The van der Waals surface area contributed by atoms with Crippen molar-refractivity contribution in [2.45, 2.75) is 5.03 Å². The van der Waals surface area contributed by atoms with Crippen LogP contribution in [0.3, 0.4) is 0 Å². The van der Waals surface area contributed by atoms with Crippen molar-refractivity contribution >= 4 is 22.8 Å². The molecule has 136 valence electrons. The van der Waals surface area contributed by atoms with E-state index in [2.05, 4.69) is 14.9 Å². The third kappa shape index (κ3) is 3.42. The number of rotatable bonds is 5. The lowest BCUT2D eigenvalue weighted by Gasteiger charge is -2.13. The van der Waals surface area contributed by atoms with Gasteiger partial charge in [-0.2, -0.15) is 0 Å². The zero-order valence-corrected chi connectivity index (χ0v) is 16.1. The largest absolute Gasteiger partial charge is 0.332 e. The van der Waals surface area contributed by atoms with Crippen LogP contribution >= 0.6 is 11.8 Å². The molecule has 2 aromatic heterocycles. The number of aromatic nitrogens is 4. The van der Waals surface area contributed by atoms with Crippen molar-refractivity contribution in [3.63, 3.8) is 0 Å². The quantitative estimate of drug-likeness (QED) is 0.498. The van der Waals surface area contributed by atoms with Crippen LogP contribution in [-0.4, -0.2) is 50.4 Å². The first-order chi connectivity index (χ1) is 12.4. The molecule has 7 nitrogen and oxygen atoms in total. The molecule has 0 aliphatic carbocycles. The molecule has 3 aromatic rings. The van der Waals surface area contributed by atoms with Gasteiger partial charge in [-0.3, -0.25) is 13.9 Å². The standard InChI is InChI=1S/C18H21N5O2S/c1-21(2)10-11-26-16-13-15(22(3)18(25)23(4)17(13)24)19-14(20-16)12-8-6-5-7-9-12/h5-9H,10-11H2,1-4H3. The first-order valence-electron chi connectivity index (χ1n) is 8.21. The predicted molar refractivity (Wildman–Crippen MR) is 105 cm³/mol. The second-order valence-electron chi connectivity index (χ2n) is 6.27. The maximum atomic E-state index is 12.7. The van der Waals surface area contributed by atoms with E-state index in [1.165, 1.54) is 23.4 Å². The van der Waals surface area contributed by atoms with E-state index in [4.69, 9.17) is 0 Å². The molecule has 26 heavy (non-hydrogen) atoms. The van der Waals surface area contributed by atoms with Crippen LogP contribution in [-0.2, 0) is 14.1 Å². The van der Waals surface area contributed by atoms with Gasteiger partial charge < -0.3 is 4.90 Å². The lowest BCUT2D eigenvalue weighted by atomic mass is 10.2. The Morgan fingerprint density at radius 1 is 1.04 bits per heavy atom. The monoisotopic (exact) mass is 371 g/mol. The molecule has 0 amide bonds. The molecule has 0 aliphatic heterocycles. The second kappa shape index (κ2) is 7.43. The van der Waals surface area contributed by atoms with Crippen molar-refractivity contribution in [3.8, 4) is 11.4 Å². The van der Waals surface area contributed by atoms with Crippen molar-refractivity contribution in [2.24, 2.45) is 14.1 Å². The summed E-state index contributed by atoms with van der Waals surface area (Å²) < 4.78 is 2.50. The number of hydrogen-bond donors (Lipinski definition) is 0. The van der Waals surface area contributed by atoms with E-state index in [1.54, 1.807) is 7.05 Å². The normalized spacial score (nSPS) is 11.4. The van der Waals surface area contributed by atoms with E-state index < -0.39 is 5.69 Å². The molecule has 0 atom stereocenters. The van der Waals surface area contributed by atoms with Gasteiger partial charge in [0.25, 0.3) is 5.56 Å². The molecule has 3 rings (SSSR count). The summed E-state index contributed by atoms with van der Waals surface area (Å²) in [4.78, 5) is 36.3. The molecular weight excluding hydrogens is 350 g/mol. The molecule has 0 saturated carbocycles. The molecule has 0 aliphatic rings. The highest BCUT2D eigenvalue weighted by atomic mass is 32.2. The van der Waals surface area contributed by atoms with Crippen LogP contribution in [0.1, 0.15) is 0 Å². The Morgan fingerprint density at radius 2 is 1.73 bits per heavy atom. The molecule has 0 radical (unpaired) electrons. The zero-order valence-electron chi connectivity index (χ0n) is 15.3. The van der Waals surface area contributed by atoms with Gasteiger partial charge in [0.2, 0.25) is 0 Å². The van der Waals surface area contributed by atoms with Gasteiger partial charge in [0.1, 0.15) is 10.4 Å². The van der Waals surface area contributed by atoms with E-state index in [1.807, 2.05) is 44.4 Å². The van der Waals surface area contributed by atoms with Crippen LogP contribution in [0.5, 0.6) is 0 Å². The van der Waals surface area contributed by atoms with E-state index in [9.17, 15) is 9.59 Å². The van der Waals surface area contributed by atoms with Gasteiger partial charge in [0.05, 0.1) is 0 Å². The molecule has 0 saturated heterocycles. The van der Waals surface area contributed by atoms with Gasteiger partial charge in [0.15, 0.2) is 11.5 Å². The van der Waals surface area contributed by atoms with Crippen LogP contribution in [0.4, 0.5) is 0 Å². The first-order valence-corrected chi connectivity index (χ1v) is 9.19. The fourth-order valence-electron chi connectivity index (χ4n) is 2.57. The minimum Gasteiger partial charge on any atom is -0.309 e. The fraction of sp³-hybridized carbons (Fsp3) is 0.333. The van der Waals surface area contributed by atoms with Crippen molar-refractivity contribution < 1.29 is 0 Å². The van der Waals surface area contributed by atoms with Crippen molar-refractivity contribution in [1.29, 1.82) is 0 Å². The molecule has 1 aromatic carbocycles. The minimum atomic E-state index is -0.399. The minimum absolute atomic E-state index is 0.360. The highest BCUT2D eigenvalue weighted by Crippen LogP contribution is 2.25. The highest BCUT2D eigenvalue weighted by Gasteiger charge is 2.18. The van der Waals surface area contributed by atoms with Crippen molar-refractivity contribution in [1.82, 2.24) is 24.0 Å². The number of nitrogens with zero attached hydrogens (tertiary/aromatic N) is 5. The number of hydrogen-bond acceptors (Lipinski definition) is 6. The Balaban J connectivity index is 2.27. The van der Waals surface area contributed by atoms with Crippen LogP contribution < -0.4 is 11.2 Å². The Bertz CT molecular complexity index is 1060. The van der Waals surface area contributed by atoms with E-state index in [0.29, 0.717) is 21.9 Å².